The van der Waals surface area contributed by atoms with E-state index in [0.717, 1.165) is 5.56 Å². The van der Waals surface area contributed by atoms with Gasteiger partial charge < -0.3 is 20.3 Å². The van der Waals surface area contributed by atoms with Crippen LogP contribution in [-0.2, 0) is 21.3 Å². The minimum absolute atomic E-state index is 0.0426. The van der Waals surface area contributed by atoms with Crippen molar-refractivity contribution in [3.05, 3.63) is 48.5 Å². The van der Waals surface area contributed by atoms with E-state index in [2.05, 4.69) is 20.3 Å². The second-order valence-electron chi connectivity index (χ2n) is 7.09. The molecule has 0 radical (unpaired) electrons. The van der Waals surface area contributed by atoms with Crippen LogP contribution < -0.4 is 10.5 Å². The number of nitrogens with zero attached hydrogens (tertiary/aromatic N) is 4. The predicted molar refractivity (Wildman–Crippen MR) is 108 cm³/mol. The number of rotatable bonds is 7. The molecule has 2 aromatic heterocycles. The minimum atomic E-state index is -3.71. The summed E-state index contributed by atoms with van der Waals surface area (Å²) in [5.41, 5.74) is 1.95. The lowest BCUT2D eigenvalue weighted by Gasteiger charge is -2.16. The Bertz CT molecular complexity index is 1120. The standard InChI is InChI=1S/C18H22N6O5S/c19-30(27,28)7-6-12-14(25)15(26)18(29-12)24-10-23-13-16(21-9-22-17(13)24)20-8-11-4-2-1-3-5-11/h1-5,9-10,12,14-15,18,25-26H,6-8H2,(H2,19,27,28)(H,20,21,22)/t12-,14-,15-,18-/m1/s1. The lowest BCUT2D eigenvalue weighted by atomic mass is 10.1. The number of primary sulfonamides is 1. The maximum absolute atomic E-state index is 11.2. The van der Waals surface area contributed by atoms with Crippen molar-refractivity contribution in [3.8, 4) is 0 Å². The molecule has 1 aliphatic heterocycles. The quantitative estimate of drug-likeness (QED) is 0.392. The van der Waals surface area contributed by atoms with Crippen molar-refractivity contribution in [3.63, 3.8) is 0 Å². The number of imidazole rings is 1. The van der Waals surface area contributed by atoms with Gasteiger partial charge in [-0.15, -0.1) is 0 Å². The SMILES string of the molecule is NS(=O)(=O)CC[C@H]1O[C@@H](n2cnc3c(NCc4ccccc4)ncnc32)[C@H](O)[C@@H]1O. The van der Waals surface area contributed by atoms with Crippen LogP contribution in [0.2, 0.25) is 0 Å². The summed E-state index contributed by atoms with van der Waals surface area (Å²) in [7, 11) is -3.71. The number of nitrogens with two attached hydrogens (primary N) is 1. The molecule has 1 saturated heterocycles. The fourth-order valence-electron chi connectivity index (χ4n) is 3.43. The summed E-state index contributed by atoms with van der Waals surface area (Å²) in [6.07, 6.45) is -1.67. The van der Waals surface area contributed by atoms with Crippen molar-refractivity contribution in [2.75, 3.05) is 11.1 Å². The van der Waals surface area contributed by atoms with Gasteiger partial charge in [0.2, 0.25) is 10.0 Å². The second-order valence-corrected chi connectivity index (χ2v) is 8.82. The fourth-order valence-corrected chi connectivity index (χ4v) is 3.99. The number of nitrogens with one attached hydrogen (secondary N) is 1. The van der Waals surface area contributed by atoms with E-state index >= 15 is 0 Å². The molecule has 1 aromatic carbocycles. The van der Waals surface area contributed by atoms with Gasteiger partial charge >= 0.3 is 0 Å². The maximum atomic E-state index is 11.2. The van der Waals surface area contributed by atoms with Gasteiger partial charge in [0.25, 0.3) is 0 Å². The minimum Gasteiger partial charge on any atom is -0.388 e. The Balaban J connectivity index is 1.55. The molecule has 0 bridgehead atoms. The summed E-state index contributed by atoms with van der Waals surface area (Å²) in [6, 6.07) is 9.78. The smallest absolute Gasteiger partial charge is 0.209 e. The number of hydrogen-bond donors (Lipinski definition) is 4. The average Bonchev–Trinajstić information content (AvgIpc) is 3.27. The molecule has 0 spiro atoms. The highest BCUT2D eigenvalue weighted by Crippen LogP contribution is 2.33. The summed E-state index contributed by atoms with van der Waals surface area (Å²) in [5.74, 6) is 0.149. The highest BCUT2D eigenvalue weighted by molar-refractivity contribution is 7.89. The van der Waals surface area contributed by atoms with Crippen molar-refractivity contribution >= 4 is 27.0 Å². The fraction of sp³-hybridized carbons (Fsp3) is 0.389. The van der Waals surface area contributed by atoms with Crippen LogP contribution in [0.25, 0.3) is 11.2 Å². The van der Waals surface area contributed by atoms with Gasteiger partial charge in [-0.1, -0.05) is 30.3 Å². The van der Waals surface area contributed by atoms with E-state index in [4.69, 9.17) is 9.88 Å². The first-order valence-corrected chi connectivity index (χ1v) is 11.0. The number of fused-ring (bicyclic) bond motifs is 1. The maximum Gasteiger partial charge on any atom is 0.209 e. The summed E-state index contributed by atoms with van der Waals surface area (Å²) in [4.78, 5) is 12.8. The summed E-state index contributed by atoms with van der Waals surface area (Å²) in [5, 5.41) is 28.9. The number of anilines is 1. The number of benzene rings is 1. The molecule has 11 nitrogen and oxygen atoms in total. The van der Waals surface area contributed by atoms with Crippen molar-refractivity contribution in [1.82, 2.24) is 19.5 Å². The first kappa shape index (κ1) is 20.6. The van der Waals surface area contributed by atoms with Gasteiger partial charge in [-0.2, -0.15) is 0 Å². The van der Waals surface area contributed by atoms with Crippen molar-refractivity contribution in [1.29, 1.82) is 0 Å². The topological polar surface area (TPSA) is 165 Å². The van der Waals surface area contributed by atoms with Gasteiger partial charge in [-0.05, 0) is 12.0 Å². The molecule has 3 heterocycles. The normalized spacial score (nSPS) is 24.4. The molecule has 1 fully saturated rings. The number of aliphatic hydroxyl groups is 2. The Labute approximate surface area is 172 Å². The zero-order valence-corrected chi connectivity index (χ0v) is 16.7. The average molecular weight is 434 g/mol. The number of aromatic nitrogens is 4. The van der Waals surface area contributed by atoms with Crippen LogP contribution in [0.1, 0.15) is 18.2 Å². The van der Waals surface area contributed by atoms with E-state index in [9.17, 15) is 18.6 Å². The summed E-state index contributed by atoms with van der Waals surface area (Å²) >= 11 is 0. The number of aliphatic hydroxyl groups excluding tert-OH is 2. The lowest BCUT2D eigenvalue weighted by Crippen LogP contribution is -2.33. The van der Waals surface area contributed by atoms with Crippen LogP contribution in [0.4, 0.5) is 5.82 Å². The van der Waals surface area contributed by atoms with Crippen molar-refractivity contribution in [2.24, 2.45) is 5.14 Å². The highest BCUT2D eigenvalue weighted by atomic mass is 32.2. The van der Waals surface area contributed by atoms with E-state index in [-0.39, 0.29) is 12.2 Å². The van der Waals surface area contributed by atoms with E-state index in [0.29, 0.717) is 23.5 Å². The van der Waals surface area contributed by atoms with E-state index in [1.807, 2.05) is 30.3 Å². The molecule has 0 unspecified atom stereocenters. The lowest BCUT2D eigenvalue weighted by molar-refractivity contribution is -0.0353. The van der Waals surface area contributed by atoms with Crippen LogP contribution in [-0.4, -0.2) is 62.2 Å². The molecule has 0 saturated carbocycles. The molecule has 30 heavy (non-hydrogen) atoms. The number of ether oxygens (including phenoxy) is 1. The molecule has 1 aliphatic rings. The summed E-state index contributed by atoms with van der Waals surface area (Å²) < 4.78 is 29.6. The second kappa shape index (κ2) is 8.24. The van der Waals surface area contributed by atoms with E-state index in [1.54, 1.807) is 0 Å². The zero-order valence-electron chi connectivity index (χ0n) is 15.9. The first-order valence-electron chi connectivity index (χ1n) is 9.31. The van der Waals surface area contributed by atoms with Crippen molar-refractivity contribution in [2.45, 2.75) is 37.5 Å². The third kappa shape index (κ3) is 4.27. The van der Waals surface area contributed by atoms with Gasteiger partial charge in [-0.25, -0.2) is 28.5 Å². The highest BCUT2D eigenvalue weighted by Gasteiger charge is 2.44. The molecular weight excluding hydrogens is 412 g/mol. The molecular formula is C18H22N6O5S. The molecule has 4 rings (SSSR count). The van der Waals surface area contributed by atoms with Crippen LogP contribution >= 0.6 is 0 Å². The molecule has 0 aliphatic carbocycles. The van der Waals surface area contributed by atoms with Gasteiger partial charge in [0.1, 0.15) is 18.5 Å². The van der Waals surface area contributed by atoms with Gasteiger partial charge in [-0.3, -0.25) is 4.57 Å². The Morgan fingerprint density at radius 1 is 1.13 bits per heavy atom. The first-order chi connectivity index (χ1) is 14.3. The van der Waals surface area contributed by atoms with Crippen LogP contribution in [0.15, 0.2) is 43.0 Å². The molecule has 4 atom stereocenters. The third-order valence-corrected chi connectivity index (χ3v) is 5.76. The molecule has 12 heteroatoms. The van der Waals surface area contributed by atoms with E-state index < -0.39 is 34.6 Å². The Morgan fingerprint density at radius 2 is 1.90 bits per heavy atom. The third-order valence-electron chi connectivity index (χ3n) is 4.96. The van der Waals surface area contributed by atoms with Gasteiger partial charge in [0, 0.05) is 6.54 Å². The van der Waals surface area contributed by atoms with Gasteiger partial charge in [0.15, 0.2) is 23.2 Å². The number of hydrogen-bond acceptors (Lipinski definition) is 9. The zero-order chi connectivity index (χ0) is 21.3. The van der Waals surface area contributed by atoms with Crippen molar-refractivity contribution < 1.29 is 23.4 Å². The van der Waals surface area contributed by atoms with E-state index in [1.165, 1.54) is 17.2 Å². The molecule has 3 aromatic rings. The molecule has 160 valence electrons. The Kier molecular flexibility index (Phi) is 5.66. The molecule has 0 amide bonds. The van der Waals surface area contributed by atoms with Crippen LogP contribution in [0.5, 0.6) is 0 Å². The Hall–Kier alpha value is -2.64. The van der Waals surface area contributed by atoms with Crippen LogP contribution in [0.3, 0.4) is 0 Å². The monoisotopic (exact) mass is 434 g/mol. The molecule has 5 N–H and O–H groups in total. The Morgan fingerprint density at radius 3 is 2.63 bits per heavy atom. The number of sulfonamides is 1. The predicted octanol–water partition coefficient (Wildman–Crippen LogP) is -0.264. The largest absolute Gasteiger partial charge is 0.388 e. The van der Waals surface area contributed by atoms with Crippen LogP contribution in [0, 0.1) is 0 Å². The summed E-state index contributed by atoms with van der Waals surface area (Å²) in [6.45, 7) is 0.538. The van der Waals surface area contributed by atoms with Gasteiger partial charge in [0.05, 0.1) is 18.2 Å².